The van der Waals surface area contributed by atoms with E-state index in [0.717, 1.165) is 17.1 Å². The van der Waals surface area contributed by atoms with Crippen molar-refractivity contribution in [3.8, 4) is 5.75 Å². The standard InChI is InChI=1S/C21H23N5O2S2/c1-4-17-23-24-21(30-13-15-10-6-5-7-11-15)26(17)25-20(29)22-19(27)16-12-8-9-14(2)18(16)28-3/h5-12H,4,13H2,1-3H3,(H2,22,25,27,29). The SMILES string of the molecule is CCc1nnc(SCc2ccccc2)n1NC(=S)NC(=O)c1cccc(C)c1OC. The van der Waals surface area contributed by atoms with Crippen molar-refractivity contribution < 1.29 is 9.53 Å². The molecule has 3 rings (SSSR count). The maximum atomic E-state index is 12.7. The minimum absolute atomic E-state index is 0.152. The van der Waals surface area contributed by atoms with Gasteiger partial charge in [-0.05, 0) is 36.3 Å². The molecule has 0 aliphatic heterocycles. The summed E-state index contributed by atoms with van der Waals surface area (Å²) in [6.07, 6.45) is 0.661. The van der Waals surface area contributed by atoms with Crippen LogP contribution in [0.25, 0.3) is 0 Å². The average Bonchev–Trinajstić information content (AvgIpc) is 3.14. The van der Waals surface area contributed by atoms with Crippen molar-refractivity contribution in [2.75, 3.05) is 12.5 Å². The van der Waals surface area contributed by atoms with Crippen molar-refractivity contribution in [1.29, 1.82) is 0 Å². The van der Waals surface area contributed by atoms with Crippen molar-refractivity contribution in [2.45, 2.75) is 31.2 Å². The number of thiocarbonyl (C=S) groups is 1. The summed E-state index contributed by atoms with van der Waals surface area (Å²) in [5, 5.41) is 12.0. The van der Waals surface area contributed by atoms with E-state index >= 15 is 0 Å². The maximum Gasteiger partial charge on any atom is 0.261 e. The molecule has 0 aliphatic carbocycles. The van der Waals surface area contributed by atoms with Gasteiger partial charge in [0.25, 0.3) is 5.91 Å². The normalized spacial score (nSPS) is 10.5. The summed E-state index contributed by atoms with van der Waals surface area (Å²) < 4.78 is 7.07. The second-order valence-corrected chi connectivity index (χ2v) is 7.76. The number of nitrogens with zero attached hydrogens (tertiary/aromatic N) is 3. The Kier molecular flexibility index (Phi) is 7.42. The van der Waals surface area contributed by atoms with E-state index in [0.29, 0.717) is 22.9 Å². The number of aryl methyl sites for hydroxylation is 2. The van der Waals surface area contributed by atoms with Gasteiger partial charge in [0.05, 0.1) is 12.7 Å². The van der Waals surface area contributed by atoms with Crippen LogP contribution in [0.5, 0.6) is 5.75 Å². The second kappa shape index (κ2) is 10.2. The van der Waals surface area contributed by atoms with Crippen LogP contribution in [0.4, 0.5) is 0 Å². The molecule has 0 aliphatic rings. The van der Waals surface area contributed by atoms with Crippen LogP contribution in [0.1, 0.15) is 34.2 Å². The Morgan fingerprint density at radius 3 is 2.63 bits per heavy atom. The zero-order valence-electron chi connectivity index (χ0n) is 17.0. The fourth-order valence-corrected chi connectivity index (χ4v) is 3.91. The lowest BCUT2D eigenvalue weighted by Gasteiger charge is -2.15. The van der Waals surface area contributed by atoms with Crippen molar-refractivity contribution in [3.05, 3.63) is 71.0 Å². The summed E-state index contributed by atoms with van der Waals surface area (Å²) in [5.74, 6) is 1.63. The molecule has 1 amide bonds. The van der Waals surface area contributed by atoms with Gasteiger partial charge in [-0.15, -0.1) is 10.2 Å². The molecule has 156 valence electrons. The lowest BCUT2D eigenvalue weighted by atomic mass is 10.1. The van der Waals surface area contributed by atoms with Crippen LogP contribution in [0.2, 0.25) is 0 Å². The van der Waals surface area contributed by atoms with E-state index in [-0.39, 0.29) is 11.0 Å². The molecule has 0 spiro atoms. The topological polar surface area (TPSA) is 81.1 Å². The van der Waals surface area contributed by atoms with Gasteiger partial charge >= 0.3 is 0 Å². The van der Waals surface area contributed by atoms with Gasteiger partial charge in [0.15, 0.2) is 10.9 Å². The van der Waals surface area contributed by atoms with Gasteiger partial charge in [0.2, 0.25) is 5.16 Å². The summed E-state index contributed by atoms with van der Waals surface area (Å²) >= 11 is 6.90. The van der Waals surface area contributed by atoms with Crippen LogP contribution in [-0.2, 0) is 12.2 Å². The van der Waals surface area contributed by atoms with E-state index in [1.54, 1.807) is 16.8 Å². The van der Waals surface area contributed by atoms with Crippen LogP contribution < -0.4 is 15.5 Å². The molecule has 0 unspecified atom stereocenters. The molecular weight excluding hydrogens is 418 g/mol. The first-order valence-electron chi connectivity index (χ1n) is 9.40. The molecule has 0 bridgehead atoms. The Morgan fingerprint density at radius 1 is 1.17 bits per heavy atom. The number of methoxy groups -OCH3 is 1. The number of hydrogen-bond acceptors (Lipinski definition) is 6. The molecule has 3 aromatic rings. The van der Waals surface area contributed by atoms with Gasteiger partial charge in [-0.3, -0.25) is 15.5 Å². The van der Waals surface area contributed by atoms with Gasteiger partial charge < -0.3 is 4.74 Å². The molecule has 1 heterocycles. The Labute approximate surface area is 185 Å². The molecule has 9 heteroatoms. The van der Waals surface area contributed by atoms with E-state index in [2.05, 4.69) is 33.1 Å². The Hall–Kier alpha value is -2.91. The van der Waals surface area contributed by atoms with Gasteiger partial charge in [-0.25, -0.2) is 4.68 Å². The number of para-hydroxylation sites is 1. The summed E-state index contributed by atoms with van der Waals surface area (Å²) in [6.45, 7) is 3.86. The summed E-state index contributed by atoms with van der Waals surface area (Å²) in [6, 6.07) is 15.5. The minimum Gasteiger partial charge on any atom is -0.496 e. The van der Waals surface area contributed by atoms with Crippen molar-refractivity contribution in [3.63, 3.8) is 0 Å². The number of nitrogens with one attached hydrogen (secondary N) is 2. The number of ether oxygens (including phenoxy) is 1. The molecule has 0 saturated carbocycles. The lowest BCUT2D eigenvalue weighted by Crippen LogP contribution is -2.39. The number of carbonyl (C=O) groups excluding carboxylic acids is 1. The van der Waals surface area contributed by atoms with Gasteiger partial charge in [0, 0.05) is 12.2 Å². The molecule has 2 aromatic carbocycles. The fourth-order valence-electron chi connectivity index (χ4n) is 2.86. The van der Waals surface area contributed by atoms with Crippen molar-refractivity contribution in [2.24, 2.45) is 0 Å². The zero-order chi connectivity index (χ0) is 21.5. The maximum absolute atomic E-state index is 12.7. The first-order chi connectivity index (χ1) is 14.5. The number of benzene rings is 2. The van der Waals surface area contributed by atoms with Crippen LogP contribution in [-0.4, -0.2) is 33.0 Å². The van der Waals surface area contributed by atoms with E-state index < -0.39 is 0 Å². The third kappa shape index (κ3) is 5.17. The fraction of sp³-hybridized carbons (Fsp3) is 0.238. The van der Waals surface area contributed by atoms with Crippen LogP contribution >= 0.6 is 24.0 Å². The number of rotatable bonds is 7. The highest BCUT2D eigenvalue weighted by atomic mass is 32.2. The Morgan fingerprint density at radius 2 is 1.93 bits per heavy atom. The third-order valence-electron chi connectivity index (χ3n) is 4.33. The smallest absolute Gasteiger partial charge is 0.261 e. The molecule has 2 N–H and O–H groups in total. The van der Waals surface area contributed by atoms with Gasteiger partial charge in [-0.1, -0.05) is 61.2 Å². The van der Waals surface area contributed by atoms with Gasteiger partial charge in [0.1, 0.15) is 5.75 Å². The van der Waals surface area contributed by atoms with E-state index in [1.165, 1.54) is 24.4 Å². The molecule has 30 heavy (non-hydrogen) atoms. The molecule has 7 nitrogen and oxygen atoms in total. The molecule has 0 atom stereocenters. The lowest BCUT2D eigenvalue weighted by molar-refractivity contribution is 0.0974. The minimum atomic E-state index is -0.349. The molecule has 1 aromatic heterocycles. The second-order valence-electron chi connectivity index (χ2n) is 6.41. The Balaban J connectivity index is 1.71. The molecule has 0 radical (unpaired) electrons. The quantitative estimate of drug-likeness (QED) is 0.427. The first kappa shape index (κ1) is 21.8. The van der Waals surface area contributed by atoms with Crippen LogP contribution in [0.15, 0.2) is 53.7 Å². The zero-order valence-corrected chi connectivity index (χ0v) is 18.6. The average molecular weight is 442 g/mol. The van der Waals surface area contributed by atoms with E-state index in [4.69, 9.17) is 17.0 Å². The summed E-state index contributed by atoms with van der Waals surface area (Å²) in [7, 11) is 1.54. The number of amides is 1. The predicted molar refractivity (Wildman–Crippen MR) is 123 cm³/mol. The third-order valence-corrected chi connectivity index (χ3v) is 5.52. The predicted octanol–water partition coefficient (Wildman–Crippen LogP) is 3.71. The van der Waals surface area contributed by atoms with Crippen LogP contribution in [0.3, 0.4) is 0 Å². The molecular formula is C21H23N5O2S2. The van der Waals surface area contributed by atoms with Crippen LogP contribution in [0, 0.1) is 6.92 Å². The van der Waals surface area contributed by atoms with Crippen molar-refractivity contribution in [1.82, 2.24) is 20.2 Å². The number of aromatic nitrogens is 3. The number of thioether (sulfide) groups is 1. The van der Waals surface area contributed by atoms with Crippen molar-refractivity contribution >= 4 is 35.0 Å². The largest absolute Gasteiger partial charge is 0.496 e. The molecule has 0 saturated heterocycles. The van der Waals surface area contributed by atoms with E-state index in [1.807, 2.05) is 38.1 Å². The summed E-state index contributed by atoms with van der Waals surface area (Å²) in [5.41, 5.74) is 5.49. The summed E-state index contributed by atoms with van der Waals surface area (Å²) in [4.78, 5) is 12.7. The van der Waals surface area contributed by atoms with Gasteiger partial charge in [-0.2, -0.15) is 0 Å². The highest BCUT2D eigenvalue weighted by Crippen LogP contribution is 2.23. The molecule has 0 fully saturated rings. The Bertz CT molecular complexity index is 1040. The number of carbonyl (C=O) groups is 1. The first-order valence-corrected chi connectivity index (χ1v) is 10.8. The monoisotopic (exact) mass is 441 g/mol. The highest BCUT2D eigenvalue weighted by molar-refractivity contribution is 7.98. The number of hydrogen-bond donors (Lipinski definition) is 2. The van der Waals surface area contributed by atoms with E-state index in [9.17, 15) is 4.79 Å². The highest BCUT2D eigenvalue weighted by Gasteiger charge is 2.17.